The molecule has 2 aliphatic carbocycles. The summed E-state index contributed by atoms with van der Waals surface area (Å²) in [4.78, 5) is 37.9. The third kappa shape index (κ3) is 4.88. The number of benzene rings is 1. The van der Waals surface area contributed by atoms with E-state index in [0.29, 0.717) is 23.8 Å². The number of aromatic nitrogens is 2. The molecule has 1 aromatic heterocycles. The van der Waals surface area contributed by atoms with Crippen LogP contribution in [0.2, 0.25) is 0 Å². The molecule has 6 rings (SSSR count). The van der Waals surface area contributed by atoms with Crippen molar-refractivity contribution in [3.63, 3.8) is 0 Å². The molecule has 1 N–H and O–H groups in total. The summed E-state index contributed by atoms with van der Waals surface area (Å²) in [5.41, 5.74) is 1.89. The fourth-order valence-electron chi connectivity index (χ4n) is 8.35. The van der Waals surface area contributed by atoms with E-state index in [1.54, 1.807) is 0 Å². The Morgan fingerprint density at radius 2 is 1.63 bits per heavy atom. The van der Waals surface area contributed by atoms with Crippen molar-refractivity contribution >= 4 is 22.7 Å². The lowest BCUT2D eigenvalue weighted by molar-refractivity contribution is -0.136. The number of rotatable bonds is 7. The minimum absolute atomic E-state index is 0.0945. The van der Waals surface area contributed by atoms with Gasteiger partial charge >= 0.3 is 5.97 Å². The van der Waals surface area contributed by atoms with E-state index in [9.17, 15) is 14.7 Å². The Labute approximate surface area is 224 Å². The normalized spacial score (nSPS) is 31.8. The van der Waals surface area contributed by atoms with E-state index in [0.717, 1.165) is 35.7 Å². The van der Waals surface area contributed by atoms with E-state index < -0.39 is 5.97 Å². The molecule has 3 heterocycles. The van der Waals surface area contributed by atoms with Gasteiger partial charge in [0.25, 0.3) is 5.56 Å². The van der Waals surface area contributed by atoms with Gasteiger partial charge in [-0.05, 0) is 68.9 Å². The summed E-state index contributed by atoms with van der Waals surface area (Å²) < 4.78 is 1.95. The van der Waals surface area contributed by atoms with E-state index >= 15 is 0 Å². The number of aliphatic carboxylic acids is 1. The highest BCUT2D eigenvalue weighted by Gasteiger charge is 2.47. The first-order valence-corrected chi connectivity index (χ1v) is 14.6. The van der Waals surface area contributed by atoms with Crippen molar-refractivity contribution in [3.8, 4) is 0 Å². The fraction of sp³-hybridized carbons (Fsp3) is 0.667. The summed E-state index contributed by atoms with van der Waals surface area (Å²) in [6, 6.07) is 9.62. The van der Waals surface area contributed by atoms with Gasteiger partial charge in [0.1, 0.15) is 12.8 Å². The van der Waals surface area contributed by atoms with Crippen LogP contribution in [0.3, 0.4) is 0 Å². The molecule has 38 heavy (non-hydrogen) atoms. The van der Waals surface area contributed by atoms with Crippen LogP contribution in [0.15, 0.2) is 34.2 Å². The Morgan fingerprint density at radius 3 is 2.29 bits per heavy atom. The second-order valence-corrected chi connectivity index (χ2v) is 12.1. The van der Waals surface area contributed by atoms with Crippen molar-refractivity contribution < 1.29 is 14.7 Å². The van der Waals surface area contributed by atoms with Crippen LogP contribution in [0, 0.1) is 11.8 Å². The molecule has 1 aromatic carbocycles. The Hall–Kier alpha value is -2.74. The molecule has 4 fully saturated rings. The molecule has 2 aromatic rings. The van der Waals surface area contributed by atoms with Crippen molar-refractivity contribution in [1.29, 1.82) is 0 Å². The highest BCUT2D eigenvalue weighted by Crippen LogP contribution is 2.47. The van der Waals surface area contributed by atoms with E-state index in [-0.39, 0.29) is 30.1 Å². The van der Waals surface area contributed by atoms with Crippen LogP contribution in [0.4, 0.5) is 0 Å². The average Bonchev–Trinajstić information content (AvgIpc) is 3.06. The molecule has 0 radical (unpaired) electrons. The Morgan fingerprint density at radius 1 is 0.947 bits per heavy atom. The van der Waals surface area contributed by atoms with Crippen LogP contribution in [-0.4, -0.2) is 56.5 Å². The molecule has 8 nitrogen and oxygen atoms in total. The maximum atomic E-state index is 14.0. The topological polar surface area (TPSA) is 97.0 Å². The zero-order valence-corrected chi connectivity index (χ0v) is 22.4. The summed E-state index contributed by atoms with van der Waals surface area (Å²) in [5, 5.41) is 13.3. The minimum Gasteiger partial charge on any atom is -0.481 e. The Kier molecular flexibility index (Phi) is 7.25. The molecule has 3 unspecified atom stereocenters. The molecule has 5 atom stereocenters. The first-order chi connectivity index (χ1) is 18.5. The number of fused-ring (bicyclic) bond motifs is 5. The van der Waals surface area contributed by atoms with Crippen molar-refractivity contribution in [3.05, 3.63) is 40.3 Å². The molecular formula is C30H40N4O4. The predicted molar refractivity (Wildman–Crippen MR) is 146 cm³/mol. The first-order valence-electron chi connectivity index (χ1n) is 14.6. The molecule has 2 saturated heterocycles. The SMILES string of the molecule is CO/N=C(\CCC(=O)O)c1nc2ccccc2n(C2C[C@H]3CC[C@@H](C2)N3C2CC3CCCCC(C3)C2)c1=O. The van der Waals surface area contributed by atoms with E-state index in [4.69, 9.17) is 4.84 Å². The standard InChI is InChI=1S/C30H40N4O4/c1-38-32-26(12-13-28(35)36)29-30(37)34(27-9-5-4-8-25(27)31-29)24-17-21-10-11-22(18-24)33(21)23-15-19-6-2-3-7-20(14-19)16-23/h4-5,8-9,19-24H,2-3,6-7,10-18H2,1H3,(H,35,36)/b32-26+/t19?,20?,21-,22+,23?,24?. The molecule has 0 spiro atoms. The summed E-state index contributed by atoms with van der Waals surface area (Å²) in [7, 11) is 1.41. The van der Waals surface area contributed by atoms with Crippen molar-refractivity contribution in [1.82, 2.24) is 14.5 Å². The van der Waals surface area contributed by atoms with Crippen LogP contribution < -0.4 is 5.56 Å². The van der Waals surface area contributed by atoms with Gasteiger partial charge in [-0.1, -0.05) is 43.0 Å². The molecule has 4 aliphatic rings. The zero-order valence-electron chi connectivity index (χ0n) is 22.4. The van der Waals surface area contributed by atoms with Gasteiger partial charge in [-0.2, -0.15) is 0 Å². The van der Waals surface area contributed by atoms with Crippen LogP contribution >= 0.6 is 0 Å². The largest absolute Gasteiger partial charge is 0.481 e. The lowest BCUT2D eigenvalue weighted by Crippen LogP contribution is -2.52. The number of hydrogen-bond donors (Lipinski definition) is 1. The number of nitrogens with zero attached hydrogens (tertiary/aromatic N) is 4. The van der Waals surface area contributed by atoms with Crippen LogP contribution in [0.1, 0.15) is 95.2 Å². The van der Waals surface area contributed by atoms with Gasteiger partial charge in [0.2, 0.25) is 0 Å². The molecule has 8 heteroatoms. The number of oxime groups is 1. The van der Waals surface area contributed by atoms with Gasteiger partial charge in [0, 0.05) is 30.6 Å². The fourth-order valence-corrected chi connectivity index (χ4v) is 8.35. The second kappa shape index (κ2) is 10.8. The maximum Gasteiger partial charge on any atom is 0.303 e. The molecule has 204 valence electrons. The highest BCUT2D eigenvalue weighted by molar-refractivity contribution is 6.00. The lowest BCUT2D eigenvalue weighted by atomic mass is 9.76. The van der Waals surface area contributed by atoms with Gasteiger partial charge in [-0.15, -0.1) is 0 Å². The van der Waals surface area contributed by atoms with Crippen LogP contribution in [-0.2, 0) is 9.63 Å². The van der Waals surface area contributed by atoms with Crippen molar-refractivity contribution in [2.75, 3.05) is 7.11 Å². The van der Waals surface area contributed by atoms with Gasteiger partial charge < -0.3 is 14.5 Å². The highest BCUT2D eigenvalue weighted by atomic mass is 16.6. The number of carbonyl (C=O) groups is 1. The van der Waals surface area contributed by atoms with Gasteiger partial charge in [-0.3, -0.25) is 14.5 Å². The molecule has 2 aliphatic heterocycles. The molecule has 4 bridgehead atoms. The third-order valence-corrected chi connectivity index (χ3v) is 9.75. The lowest BCUT2D eigenvalue weighted by Gasteiger charge is -2.48. The Balaban J connectivity index is 1.32. The van der Waals surface area contributed by atoms with Gasteiger partial charge in [0.15, 0.2) is 5.69 Å². The smallest absolute Gasteiger partial charge is 0.303 e. The number of carboxylic acid groups (broad SMARTS) is 1. The molecule has 2 saturated carbocycles. The van der Waals surface area contributed by atoms with E-state index in [1.807, 2.05) is 28.8 Å². The van der Waals surface area contributed by atoms with Gasteiger partial charge in [-0.25, -0.2) is 4.98 Å². The molecule has 0 amide bonds. The molecular weight excluding hydrogens is 480 g/mol. The summed E-state index contributed by atoms with van der Waals surface area (Å²) in [6.07, 6.45) is 14.1. The predicted octanol–water partition coefficient (Wildman–Crippen LogP) is 5.14. The first kappa shape index (κ1) is 25.5. The van der Waals surface area contributed by atoms with Crippen LogP contribution in [0.25, 0.3) is 11.0 Å². The summed E-state index contributed by atoms with van der Waals surface area (Å²) in [5.74, 6) is 0.857. The zero-order chi connectivity index (χ0) is 26.2. The summed E-state index contributed by atoms with van der Waals surface area (Å²) in [6.45, 7) is 0. The Bertz CT molecular complexity index is 1240. The quantitative estimate of drug-likeness (QED) is 0.401. The number of piperidine rings is 1. The van der Waals surface area contributed by atoms with E-state index in [2.05, 4.69) is 15.0 Å². The monoisotopic (exact) mass is 520 g/mol. The van der Waals surface area contributed by atoms with Gasteiger partial charge in [0.05, 0.1) is 17.5 Å². The summed E-state index contributed by atoms with van der Waals surface area (Å²) >= 11 is 0. The minimum atomic E-state index is -0.943. The van der Waals surface area contributed by atoms with Crippen molar-refractivity contribution in [2.24, 2.45) is 17.0 Å². The average molecular weight is 521 g/mol. The second-order valence-electron chi connectivity index (χ2n) is 12.1. The number of hydrogen-bond acceptors (Lipinski definition) is 6. The number of para-hydroxylation sites is 2. The van der Waals surface area contributed by atoms with Crippen molar-refractivity contribution in [2.45, 2.75) is 108 Å². The third-order valence-electron chi connectivity index (χ3n) is 9.75. The maximum absolute atomic E-state index is 14.0. The van der Waals surface area contributed by atoms with E-state index in [1.165, 1.54) is 64.9 Å². The number of carboxylic acids is 1. The van der Waals surface area contributed by atoms with Crippen LogP contribution in [0.5, 0.6) is 0 Å².